The molecular formula is C10H10O. The minimum Gasteiger partial charge on any atom is -0.494 e. The molecule has 0 amide bonds. The van der Waals surface area contributed by atoms with Crippen molar-refractivity contribution in [2.75, 3.05) is 0 Å². The van der Waals surface area contributed by atoms with Gasteiger partial charge in [0.1, 0.15) is 6.61 Å². The van der Waals surface area contributed by atoms with E-state index in [1.54, 1.807) is 0 Å². The molecule has 2 rings (SSSR count). The lowest BCUT2D eigenvalue weighted by atomic mass is 10.1. The van der Waals surface area contributed by atoms with Crippen molar-refractivity contribution in [3.63, 3.8) is 0 Å². The Morgan fingerprint density at radius 3 is 3.00 bits per heavy atom. The minimum atomic E-state index is 0.721. The predicted octanol–water partition coefficient (Wildman–Crippen LogP) is 2.58. The van der Waals surface area contributed by atoms with E-state index in [1.165, 1.54) is 11.1 Å². The van der Waals surface area contributed by atoms with Crippen molar-refractivity contribution in [2.45, 2.75) is 13.5 Å². The Balaban J connectivity index is 2.51. The third-order valence-corrected chi connectivity index (χ3v) is 1.87. The van der Waals surface area contributed by atoms with Crippen LogP contribution < -0.4 is 0 Å². The Hall–Kier alpha value is -1.24. The van der Waals surface area contributed by atoms with E-state index in [4.69, 9.17) is 4.74 Å². The highest BCUT2D eigenvalue weighted by Crippen LogP contribution is 2.20. The van der Waals surface area contributed by atoms with Crippen molar-refractivity contribution in [1.29, 1.82) is 0 Å². The molecule has 56 valence electrons. The van der Waals surface area contributed by atoms with Crippen molar-refractivity contribution in [3.8, 4) is 0 Å². The third kappa shape index (κ3) is 1.14. The smallest absolute Gasteiger partial charge is 0.113 e. The van der Waals surface area contributed by atoms with Gasteiger partial charge in [0.2, 0.25) is 0 Å². The van der Waals surface area contributed by atoms with Gasteiger partial charge in [-0.05, 0) is 24.1 Å². The Kier molecular flexibility index (Phi) is 1.42. The van der Waals surface area contributed by atoms with E-state index in [9.17, 15) is 0 Å². The van der Waals surface area contributed by atoms with E-state index < -0.39 is 0 Å². The van der Waals surface area contributed by atoms with Crippen LogP contribution in [0.15, 0.2) is 30.0 Å². The number of benzene rings is 1. The highest BCUT2D eigenvalue weighted by molar-refractivity contribution is 5.56. The second-order valence-corrected chi connectivity index (χ2v) is 2.74. The minimum absolute atomic E-state index is 0.721. The van der Waals surface area contributed by atoms with Crippen molar-refractivity contribution >= 4 is 6.08 Å². The first-order valence-electron chi connectivity index (χ1n) is 3.75. The largest absolute Gasteiger partial charge is 0.494 e. The van der Waals surface area contributed by atoms with Crippen LogP contribution in [-0.2, 0) is 11.3 Å². The fraction of sp³-hybridized carbons (Fsp3) is 0.200. The summed E-state index contributed by atoms with van der Waals surface area (Å²) < 4.78 is 5.37. The van der Waals surface area contributed by atoms with Crippen molar-refractivity contribution < 1.29 is 4.74 Å². The molecule has 0 unspecified atom stereocenters. The normalized spacial score (nSPS) is 14.8. The van der Waals surface area contributed by atoms with E-state index in [1.807, 2.05) is 19.1 Å². The molecule has 11 heavy (non-hydrogen) atoms. The molecule has 0 radical (unpaired) electrons. The molecule has 0 fully saturated rings. The van der Waals surface area contributed by atoms with Gasteiger partial charge in [0.25, 0.3) is 0 Å². The maximum atomic E-state index is 5.37. The Morgan fingerprint density at radius 2 is 2.09 bits per heavy atom. The van der Waals surface area contributed by atoms with E-state index in [2.05, 4.69) is 18.2 Å². The average molecular weight is 146 g/mol. The summed E-state index contributed by atoms with van der Waals surface area (Å²) in [6.07, 6.45) is 2.07. The topological polar surface area (TPSA) is 9.23 Å². The maximum absolute atomic E-state index is 5.37. The van der Waals surface area contributed by atoms with Crippen LogP contribution in [0, 0.1) is 0 Å². The van der Waals surface area contributed by atoms with Crippen LogP contribution in [0.5, 0.6) is 0 Å². The standard InChI is InChI=1S/C10H10O/c1-8-6-9-4-2-3-5-10(9)7-11-8/h2-6H,7H2,1H3. The molecule has 0 aliphatic carbocycles. The van der Waals surface area contributed by atoms with Crippen LogP contribution in [0.25, 0.3) is 6.08 Å². The molecule has 1 aromatic rings. The van der Waals surface area contributed by atoms with Gasteiger partial charge in [-0.15, -0.1) is 0 Å². The number of hydrogen-bond acceptors (Lipinski definition) is 1. The summed E-state index contributed by atoms with van der Waals surface area (Å²) in [4.78, 5) is 0. The molecule has 0 atom stereocenters. The first kappa shape index (κ1) is 6.47. The lowest BCUT2D eigenvalue weighted by Gasteiger charge is -2.14. The molecule has 1 heterocycles. The van der Waals surface area contributed by atoms with E-state index >= 15 is 0 Å². The summed E-state index contributed by atoms with van der Waals surface area (Å²) in [5.41, 5.74) is 2.56. The van der Waals surface area contributed by atoms with Gasteiger partial charge in [-0.1, -0.05) is 24.3 Å². The summed E-state index contributed by atoms with van der Waals surface area (Å²) in [5.74, 6) is 1.00. The number of fused-ring (bicyclic) bond motifs is 1. The first-order chi connectivity index (χ1) is 5.36. The second kappa shape index (κ2) is 2.42. The number of rotatable bonds is 0. The van der Waals surface area contributed by atoms with Crippen LogP contribution in [-0.4, -0.2) is 0 Å². The predicted molar refractivity (Wildman–Crippen MR) is 44.9 cm³/mol. The molecule has 0 saturated heterocycles. The molecular weight excluding hydrogens is 136 g/mol. The molecule has 0 saturated carbocycles. The second-order valence-electron chi connectivity index (χ2n) is 2.74. The molecule has 1 nitrogen and oxygen atoms in total. The number of hydrogen-bond donors (Lipinski definition) is 0. The molecule has 1 heteroatoms. The SMILES string of the molecule is CC1=Cc2ccccc2CO1. The van der Waals surface area contributed by atoms with Gasteiger partial charge in [0.15, 0.2) is 0 Å². The summed E-state index contributed by atoms with van der Waals surface area (Å²) in [5, 5.41) is 0. The number of allylic oxidation sites excluding steroid dienone is 1. The van der Waals surface area contributed by atoms with Crippen LogP contribution in [0.4, 0.5) is 0 Å². The summed E-state index contributed by atoms with van der Waals surface area (Å²) in [6, 6.07) is 8.30. The molecule has 1 aliphatic heterocycles. The first-order valence-corrected chi connectivity index (χ1v) is 3.75. The van der Waals surface area contributed by atoms with Gasteiger partial charge in [-0.2, -0.15) is 0 Å². The van der Waals surface area contributed by atoms with Crippen LogP contribution in [0.1, 0.15) is 18.1 Å². The highest BCUT2D eigenvalue weighted by Gasteiger charge is 2.05. The Labute approximate surface area is 66.3 Å². The van der Waals surface area contributed by atoms with Crippen molar-refractivity contribution in [1.82, 2.24) is 0 Å². The van der Waals surface area contributed by atoms with Gasteiger partial charge in [-0.3, -0.25) is 0 Å². The highest BCUT2D eigenvalue weighted by atomic mass is 16.5. The van der Waals surface area contributed by atoms with Crippen LogP contribution >= 0.6 is 0 Å². The van der Waals surface area contributed by atoms with Gasteiger partial charge in [0, 0.05) is 0 Å². The lowest BCUT2D eigenvalue weighted by molar-refractivity contribution is 0.199. The fourth-order valence-electron chi connectivity index (χ4n) is 1.26. The summed E-state index contributed by atoms with van der Waals surface area (Å²) in [6.45, 7) is 2.70. The van der Waals surface area contributed by atoms with E-state index in [0.29, 0.717) is 0 Å². The quantitative estimate of drug-likeness (QED) is 0.546. The molecule has 0 spiro atoms. The zero-order chi connectivity index (χ0) is 7.68. The average Bonchev–Trinajstić information content (AvgIpc) is 2.04. The summed E-state index contributed by atoms with van der Waals surface area (Å²) >= 11 is 0. The van der Waals surface area contributed by atoms with Crippen molar-refractivity contribution in [2.24, 2.45) is 0 Å². The molecule has 0 N–H and O–H groups in total. The third-order valence-electron chi connectivity index (χ3n) is 1.87. The zero-order valence-corrected chi connectivity index (χ0v) is 6.50. The Bertz CT molecular complexity index is 299. The molecule has 0 bridgehead atoms. The maximum Gasteiger partial charge on any atom is 0.113 e. The van der Waals surface area contributed by atoms with Crippen molar-refractivity contribution in [3.05, 3.63) is 41.2 Å². The van der Waals surface area contributed by atoms with Crippen LogP contribution in [0.3, 0.4) is 0 Å². The Morgan fingerprint density at radius 1 is 1.27 bits per heavy atom. The van der Waals surface area contributed by atoms with E-state index in [0.717, 1.165) is 12.4 Å². The lowest BCUT2D eigenvalue weighted by Crippen LogP contribution is -1.99. The zero-order valence-electron chi connectivity index (χ0n) is 6.50. The number of ether oxygens (including phenoxy) is 1. The monoisotopic (exact) mass is 146 g/mol. The molecule has 1 aliphatic rings. The summed E-state index contributed by atoms with van der Waals surface area (Å²) in [7, 11) is 0. The van der Waals surface area contributed by atoms with Crippen LogP contribution in [0.2, 0.25) is 0 Å². The van der Waals surface area contributed by atoms with Gasteiger partial charge in [0.05, 0.1) is 5.76 Å². The van der Waals surface area contributed by atoms with Gasteiger partial charge in [-0.25, -0.2) is 0 Å². The van der Waals surface area contributed by atoms with Gasteiger partial charge < -0.3 is 4.74 Å². The van der Waals surface area contributed by atoms with E-state index in [-0.39, 0.29) is 0 Å². The van der Waals surface area contributed by atoms with Gasteiger partial charge >= 0.3 is 0 Å². The fourth-order valence-corrected chi connectivity index (χ4v) is 1.26. The molecule has 1 aromatic carbocycles. The molecule has 0 aromatic heterocycles.